The van der Waals surface area contributed by atoms with Gasteiger partial charge in [0, 0.05) is 39.7 Å². The first-order valence-corrected chi connectivity index (χ1v) is 13.1. The second kappa shape index (κ2) is 9.91. The SMILES string of the molecule is Cc1cc(OCc2ccccc2)cc(-c2cc3c(-c4cc5c(-c6cc(O)cc(F)c6)nccc5[nH]4)n[nH]c3cn2)c1. The predicted molar refractivity (Wildman–Crippen MR) is 157 cm³/mol. The van der Waals surface area contributed by atoms with Gasteiger partial charge in [-0.25, -0.2) is 4.39 Å². The van der Waals surface area contributed by atoms with E-state index in [1.165, 1.54) is 12.1 Å². The monoisotopic (exact) mass is 541 g/mol. The van der Waals surface area contributed by atoms with Crippen molar-refractivity contribution in [2.75, 3.05) is 0 Å². The third-order valence-electron chi connectivity index (χ3n) is 7.00. The minimum absolute atomic E-state index is 0.155. The molecule has 8 heteroatoms. The van der Waals surface area contributed by atoms with Crippen molar-refractivity contribution >= 4 is 21.8 Å². The molecule has 0 saturated heterocycles. The van der Waals surface area contributed by atoms with Crippen molar-refractivity contribution in [1.29, 1.82) is 0 Å². The van der Waals surface area contributed by atoms with Crippen LogP contribution in [0.5, 0.6) is 11.5 Å². The van der Waals surface area contributed by atoms with Crippen molar-refractivity contribution in [1.82, 2.24) is 25.1 Å². The molecule has 7 rings (SSSR count). The molecule has 0 radical (unpaired) electrons. The lowest BCUT2D eigenvalue weighted by molar-refractivity contribution is 0.306. The van der Waals surface area contributed by atoms with Crippen LogP contribution in [0.25, 0.3) is 55.7 Å². The number of H-pyrrole nitrogens is 2. The molecule has 0 aliphatic rings. The lowest BCUT2D eigenvalue weighted by Gasteiger charge is -2.10. The number of hydrogen-bond acceptors (Lipinski definition) is 5. The summed E-state index contributed by atoms with van der Waals surface area (Å²) in [5.41, 5.74) is 8.06. The number of fused-ring (bicyclic) bond motifs is 2. The van der Waals surface area contributed by atoms with Gasteiger partial charge < -0.3 is 14.8 Å². The Kier molecular flexibility index (Phi) is 5.93. The maximum absolute atomic E-state index is 14.0. The van der Waals surface area contributed by atoms with Crippen LogP contribution in [0, 0.1) is 12.7 Å². The van der Waals surface area contributed by atoms with Gasteiger partial charge in [-0.15, -0.1) is 0 Å². The van der Waals surface area contributed by atoms with E-state index in [2.05, 4.69) is 26.2 Å². The van der Waals surface area contributed by atoms with Gasteiger partial charge >= 0.3 is 0 Å². The molecule has 4 aromatic heterocycles. The van der Waals surface area contributed by atoms with E-state index in [0.717, 1.165) is 67.4 Å². The average Bonchev–Trinajstić information content (AvgIpc) is 3.59. The van der Waals surface area contributed by atoms with E-state index in [4.69, 9.17) is 9.72 Å². The number of aromatic hydroxyl groups is 1. The highest BCUT2D eigenvalue weighted by Crippen LogP contribution is 2.35. The highest BCUT2D eigenvalue weighted by atomic mass is 19.1. The quantitative estimate of drug-likeness (QED) is 0.202. The van der Waals surface area contributed by atoms with Crippen molar-refractivity contribution in [2.45, 2.75) is 13.5 Å². The molecule has 0 saturated carbocycles. The first-order valence-electron chi connectivity index (χ1n) is 13.1. The molecular weight excluding hydrogens is 517 g/mol. The zero-order chi connectivity index (χ0) is 27.9. The van der Waals surface area contributed by atoms with Crippen LogP contribution in [0.4, 0.5) is 4.39 Å². The van der Waals surface area contributed by atoms with E-state index in [-0.39, 0.29) is 5.75 Å². The van der Waals surface area contributed by atoms with Gasteiger partial charge in [-0.3, -0.25) is 15.1 Å². The van der Waals surface area contributed by atoms with Gasteiger partial charge in [-0.2, -0.15) is 5.10 Å². The van der Waals surface area contributed by atoms with Gasteiger partial charge in [0.05, 0.1) is 28.8 Å². The topological polar surface area (TPSA) is 99.7 Å². The molecule has 0 bridgehead atoms. The normalized spacial score (nSPS) is 11.4. The molecule has 7 aromatic rings. The van der Waals surface area contributed by atoms with E-state index in [9.17, 15) is 9.50 Å². The lowest BCUT2D eigenvalue weighted by Crippen LogP contribution is -1.96. The number of phenolic OH excluding ortho intramolecular Hbond substituents is 1. The average molecular weight is 542 g/mol. The first kappa shape index (κ1) is 24.5. The number of ether oxygens (including phenoxy) is 1. The Morgan fingerprint density at radius 3 is 2.54 bits per heavy atom. The summed E-state index contributed by atoms with van der Waals surface area (Å²) in [6.45, 7) is 2.52. The number of aryl methyl sites for hydroxylation is 1. The summed E-state index contributed by atoms with van der Waals surface area (Å²) in [6.07, 6.45) is 3.43. The van der Waals surface area contributed by atoms with Crippen molar-refractivity contribution in [2.24, 2.45) is 0 Å². The Bertz CT molecular complexity index is 2030. The fourth-order valence-electron chi connectivity index (χ4n) is 5.12. The van der Waals surface area contributed by atoms with Crippen LogP contribution in [-0.2, 0) is 6.61 Å². The molecule has 41 heavy (non-hydrogen) atoms. The summed E-state index contributed by atoms with van der Waals surface area (Å²) in [5.74, 6) is 0.0903. The molecule has 0 atom stereocenters. The summed E-state index contributed by atoms with van der Waals surface area (Å²) in [4.78, 5) is 12.6. The van der Waals surface area contributed by atoms with Gasteiger partial charge in [-0.1, -0.05) is 30.3 Å². The number of aromatic nitrogens is 5. The highest BCUT2D eigenvalue weighted by molar-refractivity contribution is 6.00. The number of aromatic amines is 2. The standard InChI is InChI=1S/C33H24FN5O2/c1-19-9-21(13-25(10-19)41-18-20-5-3-2-4-6-20)29-15-27-31(17-36-29)38-39-33(27)30-16-26-28(37-30)7-8-35-32(26)22-11-23(34)14-24(40)12-22/h2-17,37,40H,18H2,1H3,(H,38,39). The number of nitrogens with one attached hydrogen (secondary N) is 2. The molecule has 0 aliphatic heterocycles. The third-order valence-corrected chi connectivity index (χ3v) is 7.00. The second-order valence-electron chi connectivity index (χ2n) is 10.00. The molecule has 0 spiro atoms. The summed E-state index contributed by atoms with van der Waals surface area (Å²) in [5, 5.41) is 19.3. The zero-order valence-electron chi connectivity index (χ0n) is 22.0. The van der Waals surface area contributed by atoms with Gasteiger partial charge in [0.25, 0.3) is 0 Å². The number of pyridine rings is 2. The van der Waals surface area contributed by atoms with Crippen molar-refractivity contribution in [3.8, 4) is 45.4 Å². The van der Waals surface area contributed by atoms with Crippen molar-refractivity contribution in [3.05, 3.63) is 114 Å². The predicted octanol–water partition coefficient (Wildman–Crippen LogP) is 7.57. The molecular formula is C33H24FN5O2. The minimum atomic E-state index is -0.530. The van der Waals surface area contributed by atoms with E-state index < -0.39 is 5.82 Å². The molecule has 0 aliphatic carbocycles. The molecule has 4 heterocycles. The summed E-state index contributed by atoms with van der Waals surface area (Å²) in [6, 6.07) is 25.9. The van der Waals surface area contributed by atoms with Crippen LogP contribution in [0.15, 0.2) is 97.3 Å². The van der Waals surface area contributed by atoms with Gasteiger partial charge in [0.15, 0.2) is 0 Å². The summed E-state index contributed by atoms with van der Waals surface area (Å²) >= 11 is 0. The molecule has 0 unspecified atom stereocenters. The maximum Gasteiger partial charge on any atom is 0.127 e. The van der Waals surface area contributed by atoms with Crippen molar-refractivity contribution in [3.63, 3.8) is 0 Å². The highest BCUT2D eigenvalue weighted by Gasteiger charge is 2.16. The number of nitrogens with zero attached hydrogens (tertiary/aromatic N) is 3. The third kappa shape index (κ3) is 4.76. The molecule has 7 nitrogen and oxygen atoms in total. The van der Waals surface area contributed by atoms with Crippen LogP contribution in [-0.4, -0.2) is 30.3 Å². The number of halogens is 1. The molecule has 3 N–H and O–H groups in total. The fourth-order valence-corrected chi connectivity index (χ4v) is 5.12. The van der Waals surface area contributed by atoms with Crippen molar-refractivity contribution < 1.29 is 14.2 Å². The minimum Gasteiger partial charge on any atom is -0.508 e. The number of hydrogen-bond donors (Lipinski definition) is 3. The van der Waals surface area contributed by atoms with E-state index in [1.54, 1.807) is 12.4 Å². The van der Waals surface area contributed by atoms with Gasteiger partial charge in [0.2, 0.25) is 0 Å². The molecule has 3 aromatic carbocycles. The van der Waals surface area contributed by atoms with Crippen LogP contribution >= 0.6 is 0 Å². The largest absolute Gasteiger partial charge is 0.508 e. The van der Waals surface area contributed by atoms with Gasteiger partial charge in [0.1, 0.15) is 29.6 Å². The molecule has 200 valence electrons. The molecule has 0 amide bonds. The molecule has 0 fully saturated rings. The Hall–Kier alpha value is -5.50. The van der Waals surface area contributed by atoms with Crippen LogP contribution < -0.4 is 4.74 Å². The number of rotatable bonds is 6. The van der Waals surface area contributed by atoms with Crippen LogP contribution in [0.3, 0.4) is 0 Å². The van der Waals surface area contributed by atoms with Crippen LogP contribution in [0.2, 0.25) is 0 Å². The Balaban J connectivity index is 1.26. The number of benzene rings is 3. The maximum atomic E-state index is 14.0. The Morgan fingerprint density at radius 2 is 1.68 bits per heavy atom. The number of phenols is 1. The Morgan fingerprint density at radius 1 is 0.829 bits per heavy atom. The first-order chi connectivity index (χ1) is 20.0. The summed E-state index contributed by atoms with van der Waals surface area (Å²) in [7, 11) is 0. The van der Waals surface area contributed by atoms with Crippen LogP contribution in [0.1, 0.15) is 11.1 Å². The van der Waals surface area contributed by atoms with E-state index in [0.29, 0.717) is 17.9 Å². The van der Waals surface area contributed by atoms with Gasteiger partial charge in [-0.05, 0) is 66.6 Å². The fraction of sp³-hybridized carbons (Fsp3) is 0.0606. The van der Waals surface area contributed by atoms with E-state index >= 15 is 0 Å². The smallest absolute Gasteiger partial charge is 0.127 e. The lowest BCUT2D eigenvalue weighted by atomic mass is 10.0. The van der Waals surface area contributed by atoms with E-state index in [1.807, 2.05) is 67.6 Å². The zero-order valence-corrected chi connectivity index (χ0v) is 22.0. The summed E-state index contributed by atoms with van der Waals surface area (Å²) < 4.78 is 20.1. The second-order valence-corrected chi connectivity index (χ2v) is 10.00. The Labute approximate surface area is 234 Å².